The molecule has 0 bridgehead atoms. The Labute approximate surface area is 120 Å². The SMILES string of the molecule is CCCNC(c1cccc(F)c1)c1ccc(F)c(F)c1F. The maximum absolute atomic E-state index is 14.0. The van der Waals surface area contributed by atoms with Gasteiger partial charge in [0.2, 0.25) is 0 Å². The molecular formula is C16H15F4N. The van der Waals surface area contributed by atoms with Gasteiger partial charge in [-0.15, -0.1) is 0 Å². The van der Waals surface area contributed by atoms with Gasteiger partial charge in [0.15, 0.2) is 17.5 Å². The van der Waals surface area contributed by atoms with Gasteiger partial charge in [0.25, 0.3) is 0 Å². The predicted octanol–water partition coefficient (Wildman–Crippen LogP) is 4.33. The first-order valence-electron chi connectivity index (χ1n) is 6.66. The maximum atomic E-state index is 14.0. The largest absolute Gasteiger partial charge is 0.306 e. The summed E-state index contributed by atoms with van der Waals surface area (Å²) in [6.45, 7) is 2.44. The zero-order chi connectivity index (χ0) is 15.4. The highest BCUT2D eigenvalue weighted by Gasteiger charge is 2.22. The first-order chi connectivity index (χ1) is 10.0. The van der Waals surface area contributed by atoms with E-state index in [-0.39, 0.29) is 5.56 Å². The van der Waals surface area contributed by atoms with Crippen LogP contribution >= 0.6 is 0 Å². The Morgan fingerprint density at radius 3 is 2.43 bits per heavy atom. The van der Waals surface area contributed by atoms with Crippen LogP contribution in [0.4, 0.5) is 17.6 Å². The molecule has 5 heteroatoms. The van der Waals surface area contributed by atoms with Crippen molar-refractivity contribution < 1.29 is 17.6 Å². The summed E-state index contributed by atoms with van der Waals surface area (Å²) in [5.74, 6) is -4.50. The molecule has 2 aromatic rings. The first kappa shape index (κ1) is 15.5. The maximum Gasteiger partial charge on any atom is 0.194 e. The van der Waals surface area contributed by atoms with Crippen molar-refractivity contribution in [2.75, 3.05) is 6.54 Å². The second-order valence-electron chi connectivity index (χ2n) is 4.71. The molecule has 0 aliphatic rings. The number of halogens is 4. The lowest BCUT2D eigenvalue weighted by atomic mass is 9.97. The summed E-state index contributed by atoms with van der Waals surface area (Å²) in [5.41, 5.74) is 0.404. The minimum Gasteiger partial charge on any atom is -0.306 e. The van der Waals surface area contributed by atoms with Gasteiger partial charge in [-0.05, 0) is 36.7 Å². The highest BCUT2D eigenvalue weighted by molar-refractivity contribution is 5.33. The van der Waals surface area contributed by atoms with E-state index in [9.17, 15) is 17.6 Å². The first-order valence-corrected chi connectivity index (χ1v) is 6.66. The molecule has 0 aromatic heterocycles. The Bertz CT molecular complexity index is 628. The molecule has 1 nitrogen and oxygen atoms in total. The fraction of sp³-hybridized carbons (Fsp3) is 0.250. The van der Waals surface area contributed by atoms with E-state index in [4.69, 9.17) is 0 Å². The van der Waals surface area contributed by atoms with E-state index in [1.54, 1.807) is 6.07 Å². The summed E-state index contributed by atoms with van der Waals surface area (Å²) in [7, 11) is 0. The van der Waals surface area contributed by atoms with E-state index in [1.807, 2.05) is 6.92 Å². The van der Waals surface area contributed by atoms with Gasteiger partial charge < -0.3 is 5.32 Å². The number of hydrogen-bond acceptors (Lipinski definition) is 1. The molecule has 1 N–H and O–H groups in total. The zero-order valence-corrected chi connectivity index (χ0v) is 11.5. The third kappa shape index (κ3) is 3.42. The standard InChI is InChI=1S/C16H15F4N/c1-2-8-21-16(10-4-3-5-11(17)9-10)12-6-7-13(18)15(20)14(12)19/h3-7,9,16,21H,2,8H2,1H3. The van der Waals surface area contributed by atoms with E-state index >= 15 is 0 Å². The molecule has 0 saturated heterocycles. The van der Waals surface area contributed by atoms with Gasteiger partial charge in [-0.1, -0.05) is 25.1 Å². The van der Waals surface area contributed by atoms with Crippen LogP contribution in [0.1, 0.15) is 30.5 Å². The average Bonchev–Trinajstić information content (AvgIpc) is 2.47. The normalized spacial score (nSPS) is 12.4. The van der Waals surface area contributed by atoms with Gasteiger partial charge in [-0.2, -0.15) is 0 Å². The molecule has 112 valence electrons. The molecule has 0 amide bonds. The van der Waals surface area contributed by atoms with Crippen LogP contribution in [0.2, 0.25) is 0 Å². The molecule has 0 fully saturated rings. The van der Waals surface area contributed by atoms with Crippen LogP contribution in [0.15, 0.2) is 36.4 Å². The third-order valence-corrected chi connectivity index (χ3v) is 3.16. The summed E-state index contributed by atoms with van der Waals surface area (Å²) in [6.07, 6.45) is 0.761. The number of rotatable bonds is 5. The quantitative estimate of drug-likeness (QED) is 0.640. The third-order valence-electron chi connectivity index (χ3n) is 3.16. The van der Waals surface area contributed by atoms with Crippen molar-refractivity contribution in [2.24, 2.45) is 0 Å². The van der Waals surface area contributed by atoms with Crippen molar-refractivity contribution in [2.45, 2.75) is 19.4 Å². The molecular weight excluding hydrogens is 282 g/mol. The van der Waals surface area contributed by atoms with Gasteiger partial charge in [-0.25, -0.2) is 17.6 Å². The van der Waals surface area contributed by atoms with Crippen LogP contribution in [0, 0.1) is 23.3 Å². The van der Waals surface area contributed by atoms with Gasteiger partial charge in [0.1, 0.15) is 5.82 Å². The van der Waals surface area contributed by atoms with Crippen LogP contribution in [0.25, 0.3) is 0 Å². The van der Waals surface area contributed by atoms with Crippen molar-refractivity contribution in [1.82, 2.24) is 5.32 Å². The average molecular weight is 297 g/mol. The zero-order valence-electron chi connectivity index (χ0n) is 11.5. The molecule has 0 aliphatic carbocycles. The molecule has 0 radical (unpaired) electrons. The van der Waals surface area contributed by atoms with Crippen LogP contribution in [-0.2, 0) is 0 Å². The van der Waals surface area contributed by atoms with E-state index in [0.717, 1.165) is 12.5 Å². The molecule has 21 heavy (non-hydrogen) atoms. The summed E-state index contributed by atoms with van der Waals surface area (Å²) < 4.78 is 53.8. The van der Waals surface area contributed by atoms with Gasteiger partial charge >= 0.3 is 0 Å². The van der Waals surface area contributed by atoms with E-state index in [0.29, 0.717) is 12.1 Å². The second-order valence-corrected chi connectivity index (χ2v) is 4.71. The monoisotopic (exact) mass is 297 g/mol. The summed E-state index contributed by atoms with van der Waals surface area (Å²) in [6, 6.07) is 6.91. The van der Waals surface area contributed by atoms with Crippen molar-refractivity contribution in [1.29, 1.82) is 0 Å². The molecule has 0 heterocycles. The molecule has 0 saturated carbocycles. The summed E-state index contributed by atoms with van der Waals surface area (Å²) >= 11 is 0. The van der Waals surface area contributed by atoms with E-state index in [2.05, 4.69) is 5.32 Å². The number of benzene rings is 2. The topological polar surface area (TPSA) is 12.0 Å². The predicted molar refractivity (Wildman–Crippen MR) is 72.9 cm³/mol. The highest BCUT2D eigenvalue weighted by Crippen LogP contribution is 2.27. The molecule has 0 aliphatic heterocycles. The molecule has 1 unspecified atom stereocenters. The highest BCUT2D eigenvalue weighted by atomic mass is 19.2. The Morgan fingerprint density at radius 2 is 1.76 bits per heavy atom. The van der Waals surface area contributed by atoms with Crippen molar-refractivity contribution >= 4 is 0 Å². The lowest BCUT2D eigenvalue weighted by Gasteiger charge is -2.20. The van der Waals surface area contributed by atoms with E-state index in [1.165, 1.54) is 24.3 Å². The number of hydrogen-bond donors (Lipinski definition) is 1. The smallest absolute Gasteiger partial charge is 0.194 e. The van der Waals surface area contributed by atoms with Crippen LogP contribution < -0.4 is 5.32 Å². The molecule has 1 atom stereocenters. The summed E-state index contributed by atoms with van der Waals surface area (Å²) in [5, 5.41) is 3.02. The molecule has 0 spiro atoms. The van der Waals surface area contributed by atoms with Crippen LogP contribution in [0.5, 0.6) is 0 Å². The van der Waals surface area contributed by atoms with E-state index < -0.39 is 29.3 Å². The second kappa shape index (κ2) is 6.72. The Morgan fingerprint density at radius 1 is 1.00 bits per heavy atom. The lowest BCUT2D eigenvalue weighted by molar-refractivity contribution is 0.432. The minimum absolute atomic E-state index is 0.0482. The minimum atomic E-state index is -1.52. The Balaban J connectivity index is 2.48. The van der Waals surface area contributed by atoms with Gasteiger partial charge in [0, 0.05) is 5.56 Å². The molecule has 2 rings (SSSR count). The fourth-order valence-electron chi connectivity index (χ4n) is 2.15. The fourth-order valence-corrected chi connectivity index (χ4v) is 2.15. The van der Waals surface area contributed by atoms with Crippen molar-refractivity contribution in [3.05, 3.63) is 70.8 Å². The number of nitrogens with one attached hydrogen (secondary N) is 1. The lowest BCUT2D eigenvalue weighted by Crippen LogP contribution is -2.24. The van der Waals surface area contributed by atoms with Gasteiger partial charge in [0.05, 0.1) is 6.04 Å². The van der Waals surface area contributed by atoms with Crippen molar-refractivity contribution in [3.8, 4) is 0 Å². The van der Waals surface area contributed by atoms with Crippen molar-refractivity contribution in [3.63, 3.8) is 0 Å². The van der Waals surface area contributed by atoms with Gasteiger partial charge in [-0.3, -0.25) is 0 Å². The van der Waals surface area contributed by atoms with Crippen LogP contribution in [-0.4, -0.2) is 6.54 Å². The molecule has 2 aromatic carbocycles. The Kier molecular flexibility index (Phi) is 4.96. The Hall–Kier alpha value is -1.88. The summed E-state index contributed by atoms with van der Waals surface area (Å²) in [4.78, 5) is 0. The van der Waals surface area contributed by atoms with Crippen LogP contribution in [0.3, 0.4) is 0 Å².